The SMILES string of the molecule is Cc1ncsc1-c1ccc(CNC(=O)[C@@H]2C[C@@H](O)CN2C(=O)[C@@H](NC(=O)C(C)(C)CC(C)(C)C=O)C(C)(C)C)cc1. The van der Waals surface area contributed by atoms with Crippen molar-refractivity contribution in [3.05, 3.63) is 41.0 Å². The Balaban J connectivity index is 1.71. The second-order valence-corrected chi connectivity index (χ2v) is 14.4. The second-order valence-electron chi connectivity index (χ2n) is 13.5. The summed E-state index contributed by atoms with van der Waals surface area (Å²) in [6.45, 7) is 14.8. The lowest BCUT2D eigenvalue weighted by Gasteiger charge is -2.38. The third-order valence-corrected chi connectivity index (χ3v) is 8.49. The van der Waals surface area contributed by atoms with Gasteiger partial charge in [0.05, 0.1) is 22.2 Å². The van der Waals surface area contributed by atoms with Gasteiger partial charge >= 0.3 is 0 Å². The molecule has 2 heterocycles. The Kier molecular flexibility index (Phi) is 9.80. The lowest BCUT2D eigenvalue weighted by molar-refractivity contribution is -0.146. The highest BCUT2D eigenvalue weighted by Crippen LogP contribution is 2.34. The number of likely N-dealkylation sites (tertiary alicyclic amines) is 1. The molecule has 1 aromatic carbocycles. The van der Waals surface area contributed by atoms with Crippen molar-refractivity contribution in [2.24, 2.45) is 16.2 Å². The normalized spacial score (nSPS) is 18.6. The van der Waals surface area contributed by atoms with Crippen LogP contribution in [0.15, 0.2) is 29.8 Å². The highest BCUT2D eigenvalue weighted by atomic mass is 32.1. The predicted molar refractivity (Wildman–Crippen MR) is 160 cm³/mol. The van der Waals surface area contributed by atoms with Crippen molar-refractivity contribution >= 4 is 35.3 Å². The number of thiazole rings is 1. The third kappa shape index (κ3) is 8.01. The molecule has 0 bridgehead atoms. The number of rotatable bonds is 10. The van der Waals surface area contributed by atoms with Crippen LogP contribution in [0.3, 0.4) is 0 Å². The van der Waals surface area contributed by atoms with Crippen molar-refractivity contribution in [3.8, 4) is 10.4 Å². The summed E-state index contributed by atoms with van der Waals surface area (Å²) in [5.41, 5.74) is 2.46. The predicted octanol–water partition coefficient (Wildman–Crippen LogP) is 3.87. The fourth-order valence-corrected chi connectivity index (χ4v) is 6.18. The van der Waals surface area contributed by atoms with E-state index in [4.69, 9.17) is 0 Å². The van der Waals surface area contributed by atoms with Gasteiger partial charge in [0.1, 0.15) is 18.4 Å². The Hall–Kier alpha value is -3.11. The molecule has 0 saturated carbocycles. The van der Waals surface area contributed by atoms with Crippen LogP contribution in [0.25, 0.3) is 10.4 Å². The first-order chi connectivity index (χ1) is 18.9. The molecule has 0 spiro atoms. The van der Waals surface area contributed by atoms with Gasteiger partial charge in [-0.25, -0.2) is 4.98 Å². The lowest BCUT2D eigenvalue weighted by atomic mass is 9.74. The Morgan fingerprint density at radius 3 is 2.29 bits per heavy atom. The van der Waals surface area contributed by atoms with Gasteiger partial charge < -0.3 is 25.4 Å². The quantitative estimate of drug-likeness (QED) is 0.364. The van der Waals surface area contributed by atoms with E-state index in [1.54, 1.807) is 39.0 Å². The smallest absolute Gasteiger partial charge is 0.246 e. The largest absolute Gasteiger partial charge is 0.391 e. The standard InChI is InChI=1S/C31H44N4O5S/c1-19-24(41-18-33-19)21-11-9-20(10-12-21)14-32-26(38)23-13-22(37)15-35(23)27(39)25(29(2,3)4)34-28(40)31(7,8)16-30(5,6)17-36/h9-12,17-18,22-23,25,37H,13-16H2,1-8H3,(H,32,38)(H,34,40)/t22-,23+,25-/m1/s1. The molecule has 41 heavy (non-hydrogen) atoms. The molecular weight excluding hydrogens is 540 g/mol. The average molecular weight is 585 g/mol. The number of aryl methyl sites for hydroxylation is 1. The molecule has 0 aliphatic carbocycles. The number of nitrogens with zero attached hydrogens (tertiary/aromatic N) is 2. The average Bonchev–Trinajstić information content (AvgIpc) is 3.49. The first-order valence-electron chi connectivity index (χ1n) is 14.0. The number of aldehydes is 1. The lowest BCUT2D eigenvalue weighted by Crippen LogP contribution is -2.59. The Bertz CT molecular complexity index is 1260. The summed E-state index contributed by atoms with van der Waals surface area (Å²) in [6, 6.07) is 6.08. The van der Waals surface area contributed by atoms with Gasteiger partial charge in [-0.15, -0.1) is 11.3 Å². The third-order valence-electron chi connectivity index (χ3n) is 7.51. The number of aromatic nitrogens is 1. The molecule has 224 valence electrons. The van der Waals surface area contributed by atoms with Crippen molar-refractivity contribution < 1.29 is 24.3 Å². The Morgan fingerprint density at radius 2 is 1.76 bits per heavy atom. The van der Waals surface area contributed by atoms with Crippen molar-refractivity contribution in [1.29, 1.82) is 0 Å². The van der Waals surface area contributed by atoms with Crippen LogP contribution in [0.2, 0.25) is 0 Å². The first kappa shape index (κ1) is 32.4. The molecular formula is C31H44N4O5S. The number of carbonyl (C=O) groups is 4. The number of benzene rings is 1. The minimum Gasteiger partial charge on any atom is -0.391 e. The second kappa shape index (κ2) is 12.4. The van der Waals surface area contributed by atoms with E-state index in [0.29, 0.717) is 6.42 Å². The van der Waals surface area contributed by atoms with Crippen LogP contribution in [-0.4, -0.2) is 63.7 Å². The molecule has 3 rings (SSSR count). The van der Waals surface area contributed by atoms with E-state index in [1.165, 1.54) is 4.90 Å². The molecule has 2 aromatic rings. The molecule has 1 saturated heterocycles. The van der Waals surface area contributed by atoms with Gasteiger partial charge in [-0.2, -0.15) is 0 Å². The highest BCUT2D eigenvalue weighted by Gasteiger charge is 2.46. The van der Waals surface area contributed by atoms with Gasteiger partial charge in [-0.05, 0) is 29.9 Å². The van der Waals surface area contributed by atoms with Crippen molar-refractivity contribution in [3.63, 3.8) is 0 Å². The summed E-state index contributed by atoms with van der Waals surface area (Å²) in [5.74, 6) is -1.12. The number of aliphatic hydroxyl groups is 1. The summed E-state index contributed by atoms with van der Waals surface area (Å²) < 4.78 is 0. The highest BCUT2D eigenvalue weighted by molar-refractivity contribution is 7.13. The molecule has 0 radical (unpaired) electrons. The van der Waals surface area contributed by atoms with E-state index >= 15 is 0 Å². The van der Waals surface area contributed by atoms with Crippen molar-refractivity contribution in [2.75, 3.05) is 6.54 Å². The maximum Gasteiger partial charge on any atom is 0.246 e. The minimum absolute atomic E-state index is 0.00380. The molecule has 9 nitrogen and oxygen atoms in total. The van der Waals surface area contributed by atoms with Crippen LogP contribution in [0.4, 0.5) is 0 Å². The van der Waals surface area contributed by atoms with E-state index in [9.17, 15) is 24.3 Å². The molecule has 1 aliphatic heterocycles. The van der Waals surface area contributed by atoms with E-state index in [2.05, 4.69) is 15.6 Å². The van der Waals surface area contributed by atoms with Crippen LogP contribution in [-0.2, 0) is 25.7 Å². The van der Waals surface area contributed by atoms with E-state index < -0.39 is 40.3 Å². The maximum absolute atomic E-state index is 13.9. The monoisotopic (exact) mass is 584 g/mol. The molecule has 10 heteroatoms. The summed E-state index contributed by atoms with van der Waals surface area (Å²) in [5, 5.41) is 16.3. The summed E-state index contributed by atoms with van der Waals surface area (Å²) in [6.07, 6.45) is 0.404. The molecule has 3 N–H and O–H groups in total. The first-order valence-corrected chi connectivity index (χ1v) is 14.9. The van der Waals surface area contributed by atoms with Gasteiger partial charge in [-0.3, -0.25) is 14.4 Å². The fraction of sp³-hybridized carbons (Fsp3) is 0.581. The number of nitrogens with one attached hydrogen (secondary N) is 2. The zero-order valence-electron chi connectivity index (χ0n) is 25.4. The number of aliphatic hydroxyl groups excluding tert-OH is 1. The maximum atomic E-state index is 13.9. The van der Waals surface area contributed by atoms with Crippen molar-refractivity contribution in [2.45, 2.75) is 93.0 Å². The zero-order valence-corrected chi connectivity index (χ0v) is 26.2. The fourth-order valence-electron chi connectivity index (χ4n) is 5.37. The molecule has 3 amide bonds. The van der Waals surface area contributed by atoms with Gasteiger partial charge in [0.25, 0.3) is 0 Å². The Labute approximate surface area is 247 Å². The van der Waals surface area contributed by atoms with Crippen LogP contribution in [0.5, 0.6) is 0 Å². The summed E-state index contributed by atoms with van der Waals surface area (Å²) >= 11 is 1.58. The number of amides is 3. The van der Waals surface area contributed by atoms with Gasteiger partial charge in [0.2, 0.25) is 17.7 Å². The topological polar surface area (TPSA) is 129 Å². The zero-order chi connectivity index (χ0) is 30.8. The van der Waals surface area contributed by atoms with Crippen LogP contribution < -0.4 is 10.6 Å². The van der Waals surface area contributed by atoms with E-state index in [0.717, 1.165) is 28.0 Å². The Morgan fingerprint density at radius 1 is 1.12 bits per heavy atom. The van der Waals surface area contributed by atoms with Gasteiger partial charge in [-0.1, -0.05) is 72.7 Å². The van der Waals surface area contributed by atoms with Gasteiger partial charge in [0, 0.05) is 30.3 Å². The summed E-state index contributed by atoms with van der Waals surface area (Å²) in [4.78, 5) is 58.8. The minimum atomic E-state index is -0.933. The van der Waals surface area contributed by atoms with Gasteiger partial charge in [0.15, 0.2) is 0 Å². The molecule has 3 atom stereocenters. The van der Waals surface area contributed by atoms with E-state index in [1.807, 2.05) is 57.5 Å². The molecule has 1 aromatic heterocycles. The van der Waals surface area contributed by atoms with Crippen LogP contribution in [0.1, 0.15) is 72.6 Å². The molecule has 1 aliphatic rings. The number of carbonyl (C=O) groups excluding carboxylic acids is 4. The molecule has 0 unspecified atom stereocenters. The van der Waals surface area contributed by atoms with Crippen LogP contribution >= 0.6 is 11.3 Å². The summed E-state index contributed by atoms with van der Waals surface area (Å²) in [7, 11) is 0. The van der Waals surface area contributed by atoms with Crippen molar-refractivity contribution in [1.82, 2.24) is 20.5 Å². The molecule has 1 fully saturated rings. The number of hydrogen-bond donors (Lipinski definition) is 3. The number of β-amino-alcohol motifs (C(OH)–C–C–N with tert-alkyl or cyclic N) is 1. The van der Waals surface area contributed by atoms with E-state index in [-0.39, 0.29) is 31.3 Å². The number of hydrogen-bond acceptors (Lipinski definition) is 7. The van der Waals surface area contributed by atoms with Crippen LogP contribution in [0, 0.1) is 23.2 Å².